The van der Waals surface area contributed by atoms with E-state index in [9.17, 15) is 9.59 Å². The summed E-state index contributed by atoms with van der Waals surface area (Å²) >= 11 is 5.98. The number of allylic oxidation sites excluding steroid dienone is 2. The molecule has 1 fully saturated rings. The second-order valence-electron chi connectivity index (χ2n) is 5.11. The molecule has 1 aromatic carbocycles. The van der Waals surface area contributed by atoms with Gasteiger partial charge in [0.05, 0.1) is 18.5 Å². The van der Waals surface area contributed by atoms with E-state index >= 15 is 0 Å². The summed E-state index contributed by atoms with van der Waals surface area (Å²) in [6.07, 6.45) is 2.90. The van der Waals surface area contributed by atoms with Gasteiger partial charge in [-0.3, -0.25) is 14.5 Å². The Labute approximate surface area is 122 Å². The summed E-state index contributed by atoms with van der Waals surface area (Å²) in [5.41, 5.74) is 0.888. The number of hydrogen-bond donors (Lipinski definition) is 1. The first-order valence-electron chi connectivity index (χ1n) is 6.65. The van der Waals surface area contributed by atoms with E-state index in [2.05, 4.69) is 5.32 Å². The number of carbonyl (C=O) groups excluding carboxylic acids is 2. The standard InChI is InChI=1S/C15H15ClN2O2/c16-10-6-7-12-13(8-10)15(20)18(14(12)19)9-17-11-4-2-1-3-5-11/h1-6,12-13,17H,7-9H2/t12-,13+/m1/s1. The van der Waals surface area contributed by atoms with Gasteiger partial charge < -0.3 is 5.32 Å². The SMILES string of the molecule is O=C1[C@H]2CC(Cl)=CC[C@H]2C(=O)N1CNc1ccccc1. The highest BCUT2D eigenvalue weighted by Gasteiger charge is 2.48. The van der Waals surface area contributed by atoms with Crippen LogP contribution in [-0.4, -0.2) is 23.4 Å². The second-order valence-corrected chi connectivity index (χ2v) is 5.59. The van der Waals surface area contributed by atoms with Crippen LogP contribution in [0.5, 0.6) is 0 Å². The molecular formula is C15H15ClN2O2. The van der Waals surface area contributed by atoms with Crippen molar-refractivity contribution in [3.05, 3.63) is 41.4 Å². The van der Waals surface area contributed by atoms with Crippen LogP contribution in [0, 0.1) is 11.8 Å². The van der Waals surface area contributed by atoms with Gasteiger partial charge in [-0.25, -0.2) is 0 Å². The van der Waals surface area contributed by atoms with E-state index in [0.29, 0.717) is 17.9 Å². The van der Waals surface area contributed by atoms with Crippen LogP contribution in [0.15, 0.2) is 41.4 Å². The third kappa shape index (κ3) is 2.31. The number of fused-ring (bicyclic) bond motifs is 1. The lowest BCUT2D eigenvalue weighted by molar-refractivity contribution is -0.139. The van der Waals surface area contributed by atoms with Crippen molar-refractivity contribution >= 4 is 29.1 Å². The topological polar surface area (TPSA) is 49.4 Å². The van der Waals surface area contributed by atoms with Gasteiger partial charge in [0.1, 0.15) is 0 Å². The fourth-order valence-electron chi connectivity index (χ4n) is 2.78. The first kappa shape index (κ1) is 13.2. The van der Waals surface area contributed by atoms with Gasteiger partial charge in [0, 0.05) is 10.7 Å². The predicted octanol–water partition coefficient (Wildman–Crippen LogP) is 2.57. The first-order valence-corrected chi connectivity index (χ1v) is 7.03. The monoisotopic (exact) mass is 290 g/mol. The molecule has 2 amide bonds. The average Bonchev–Trinajstić information content (AvgIpc) is 2.70. The highest BCUT2D eigenvalue weighted by molar-refractivity contribution is 6.30. The summed E-state index contributed by atoms with van der Waals surface area (Å²) < 4.78 is 0. The summed E-state index contributed by atoms with van der Waals surface area (Å²) in [4.78, 5) is 25.9. The van der Waals surface area contributed by atoms with Crippen molar-refractivity contribution in [3.63, 3.8) is 0 Å². The van der Waals surface area contributed by atoms with Crippen molar-refractivity contribution in [2.45, 2.75) is 12.8 Å². The number of anilines is 1. The van der Waals surface area contributed by atoms with Gasteiger partial charge in [-0.2, -0.15) is 0 Å². The Morgan fingerprint density at radius 2 is 1.85 bits per heavy atom. The lowest BCUT2D eigenvalue weighted by Gasteiger charge is -2.17. The molecule has 1 N–H and O–H groups in total. The highest BCUT2D eigenvalue weighted by atomic mass is 35.5. The number of rotatable bonds is 3. The van der Waals surface area contributed by atoms with E-state index in [4.69, 9.17) is 11.6 Å². The van der Waals surface area contributed by atoms with Crippen LogP contribution in [0.3, 0.4) is 0 Å². The maximum atomic E-state index is 12.3. The van der Waals surface area contributed by atoms with Gasteiger partial charge in [0.25, 0.3) is 0 Å². The first-order chi connectivity index (χ1) is 9.66. The number of nitrogens with one attached hydrogen (secondary N) is 1. The van der Waals surface area contributed by atoms with Crippen LogP contribution < -0.4 is 5.32 Å². The molecule has 2 atom stereocenters. The molecule has 0 radical (unpaired) electrons. The van der Waals surface area contributed by atoms with E-state index in [1.165, 1.54) is 4.90 Å². The van der Waals surface area contributed by atoms with Gasteiger partial charge in [0.15, 0.2) is 0 Å². The molecule has 1 heterocycles. The number of imide groups is 1. The molecule has 5 heteroatoms. The summed E-state index contributed by atoms with van der Waals surface area (Å²) in [5.74, 6) is -0.723. The number of likely N-dealkylation sites (tertiary alicyclic amines) is 1. The Hall–Kier alpha value is -1.81. The van der Waals surface area contributed by atoms with Crippen molar-refractivity contribution < 1.29 is 9.59 Å². The van der Waals surface area contributed by atoms with Crippen molar-refractivity contribution in [1.29, 1.82) is 0 Å². The van der Waals surface area contributed by atoms with Crippen LogP contribution in [0.1, 0.15) is 12.8 Å². The molecule has 0 spiro atoms. The Balaban J connectivity index is 1.69. The molecule has 1 aliphatic heterocycles. The smallest absolute Gasteiger partial charge is 0.234 e. The average molecular weight is 291 g/mol. The van der Waals surface area contributed by atoms with Gasteiger partial charge in [-0.1, -0.05) is 35.9 Å². The lowest BCUT2D eigenvalue weighted by atomic mass is 9.85. The third-order valence-corrected chi connectivity index (χ3v) is 4.18. The van der Waals surface area contributed by atoms with Crippen LogP contribution in [-0.2, 0) is 9.59 Å². The molecule has 0 bridgehead atoms. The minimum Gasteiger partial charge on any atom is -0.367 e. The fourth-order valence-corrected chi connectivity index (χ4v) is 3.03. The molecule has 1 saturated heterocycles. The molecule has 0 saturated carbocycles. The Morgan fingerprint density at radius 1 is 1.15 bits per heavy atom. The Morgan fingerprint density at radius 3 is 2.60 bits per heavy atom. The maximum absolute atomic E-state index is 12.3. The van der Waals surface area contributed by atoms with Crippen molar-refractivity contribution in [3.8, 4) is 0 Å². The third-order valence-electron chi connectivity index (χ3n) is 3.88. The Kier molecular flexibility index (Phi) is 3.49. The maximum Gasteiger partial charge on any atom is 0.234 e. The van der Waals surface area contributed by atoms with E-state index in [0.717, 1.165) is 5.69 Å². The zero-order valence-electron chi connectivity index (χ0n) is 10.9. The fraction of sp³-hybridized carbons (Fsp3) is 0.333. The normalized spacial score (nSPS) is 25.4. The molecule has 20 heavy (non-hydrogen) atoms. The molecule has 0 aromatic heterocycles. The predicted molar refractivity (Wildman–Crippen MR) is 76.9 cm³/mol. The number of carbonyl (C=O) groups is 2. The molecule has 0 unspecified atom stereocenters. The minimum atomic E-state index is -0.280. The van der Waals surface area contributed by atoms with Crippen molar-refractivity contribution in [2.75, 3.05) is 12.0 Å². The second kappa shape index (κ2) is 5.29. The molecule has 104 valence electrons. The largest absolute Gasteiger partial charge is 0.367 e. The summed E-state index contributed by atoms with van der Waals surface area (Å²) in [6, 6.07) is 9.52. The van der Waals surface area contributed by atoms with Crippen LogP contribution in [0.4, 0.5) is 5.69 Å². The number of nitrogens with zero attached hydrogens (tertiary/aromatic N) is 1. The minimum absolute atomic E-state index is 0.0937. The summed E-state index contributed by atoms with van der Waals surface area (Å²) in [7, 11) is 0. The number of para-hydroxylation sites is 1. The molecule has 3 rings (SSSR count). The number of amides is 2. The number of halogens is 1. The number of hydrogen-bond acceptors (Lipinski definition) is 3. The van der Waals surface area contributed by atoms with Crippen molar-refractivity contribution in [1.82, 2.24) is 4.90 Å². The van der Waals surface area contributed by atoms with Crippen LogP contribution >= 0.6 is 11.6 Å². The zero-order chi connectivity index (χ0) is 14.1. The van der Waals surface area contributed by atoms with Gasteiger partial charge in [-0.05, 0) is 25.0 Å². The van der Waals surface area contributed by atoms with Gasteiger partial charge in [-0.15, -0.1) is 0 Å². The number of benzene rings is 1. The van der Waals surface area contributed by atoms with Crippen molar-refractivity contribution in [2.24, 2.45) is 11.8 Å². The van der Waals surface area contributed by atoms with Gasteiger partial charge in [0.2, 0.25) is 11.8 Å². The van der Waals surface area contributed by atoms with E-state index in [1.54, 1.807) is 0 Å². The van der Waals surface area contributed by atoms with E-state index in [1.807, 2.05) is 36.4 Å². The highest BCUT2D eigenvalue weighted by Crippen LogP contribution is 2.38. The quantitative estimate of drug-likeness (QED) is 0.871. The molecule has 4 nitrogen and oxygen atoms in total. The Bertz CT molecular complexity index is 570. The van der Waals surface area contributed by atoms with Crippen LogP contribution in [0.2, 0.25) is 0 Å². The molecular weight excluding hydrogens is 276 g/mol. The lowest BCUT2D eigenvalue weighted by Crippen LogP contribution is -2.35. The van der Waals surface area contributed by atoms with E-state index in [-0.39, 0.29) is 30.3 Å². The van der Waals surface area contributed by atoms with E-state index < -0.39 is 0 Å². The van der Waals surface area contributed by atoms with Gasteiger partial charge >= 0.3 is 0 Å². The molecule has 1 aromatic rings. The van der Waals surface area contributed by atoms with Crippen LogP contribution in [0.25, 0.3) is 0 Å². The molecule has 2 aliphatic rings. The molecule has 1 aliphatic carbocycles. The zero-order valence-corrected chi connectivity index (χ0v) is 11.6. The summed E-state index contributed by atoms with van der Waals surface area (Å²) in [5, 5.41) is 3.79. The summed E-state index contributed by atoms with van der Waals surface area (Å²) in [6.45, 7) is 0.215.